The number of aryl methyl sites for hydroxylation is 1. The van der Waals surface area contributed by atoms with E-state index in [1.807, 2.05) is 31.2 Å². The van der Waals surface area contributed by atoms with Gasteiger partial charge in [0.15, 0.2) is 0 Å². The van der Waals surface area contributed by atoms with Crippen molar-refractivity contribution in [3.05, 3.63) is 53.1 Å². The SMILES string of the molecule is Cc1cccc(-c2ccc(Cl)c(S(=O)(=O)Cl)c2)c1. The molecule has 2 aromatic rings. The van der Waals surface area contributed by atoms with Crippen LogP contribution in [0.5, 0.6) is 0 Å². The summed E-state index contributed by atoms with van der Waals surface area (Å²) in [6, 6.07) is 12.5. The summed E-state index contributed by atoms with van der Waals surface area (Å²) in [4.78, 5) is -0.0650. The molecule has 0 aliphatic rings. The number of benzene rings is 2. The molecule has 2 rings (SSSR count). The summed E-state index contributed by atoms with van der Waals surface area (Å²) in [5, 5.41) is 0.126. The molecule has 0 heterocycles. The van der Waals surface area contributed by atoms with Crippen molar-refractivity contribution in [2.45, 2.75) is 11.8 Å². The number of hydrogen-bond donors (Lipinski definition) is 0. The van der Waals surface area contributed by atoms with Crippen molar-refractivity contribution in [2.24, 2.45) is 0 Å². The molecule has 0 aromatic heterocycles. The van der Waals surface area contributed by atoms with Crippen molar-refractivity contribution < 1.29 is 8.42 Å². The van der Waals surface area contributed by atoms with Gasteiger partial charge in [0.2, 0.25) is 0 Å². The van der Waals surface area contributed by atoms with Crippen LogP contribution >= 0.6 is 22.3 Å². The monoisotopic (exact) mass is 300 g/mol. The Hall–Kier alpha value is -1.03. The third-order valence-electron chi connectivity index (χ3n) is 2.55. The van der Waals surface area contributed by atoms with Crippen LogP contribution in [0.3, 0.4) is 0 Å². The Balaban J connectivity index is 2.61. The molecule has 0 fully saturated rings. The molecule has 2 aromatic carbocycles. The molecule has 18 heavy (non-hydrogen) atoms. The summed E-state index contributed by atoms with van der Waals surface area (Å²) in [7, 11) is 1.51. The standard InChI is InChI=1S/C13H10Cl2O2S/c1-9-3-2-4-10(7-9)11-5-6-12(14)13(8-11)18(15,16)17/h2-8H,1H3. The highest BCUT2D eigenvalue weighted by atomic mass is 35.7. The lowest BCUT2D eigenvalue weighted by Gasteiger charge is -2.06. The first-order valence-electron chi connectivity index (χ1n) is 5.19. The maximum atomic E-state index is 11.4. The van der Waals surface area contributed by atoms with Crippen molar-refractivity contribution in [3.63, 3.8) is 0 Å². The van der Waals surface area contributed by atoms with Gasteiger partial charge in [-0.3, -0.25) is 0 Å². The van der Waals surface area contributed by atoms with Crippen LogP contribution in [-0.4, -0.2) is 8.42 Å². The fourth-order valence-corrected chi connectivity index (χ4v) is 3.19. The van der Waals surface area contributed by atoms with Gasteiger partial charge in [-0.05, 0) is 30.2 Å². The summed E-state index contributed by atoms with van der Waals surface area (Å²) in [6.07, 6.45) is 0. The quantitative estimate of drug-likeness (QED) is 0.777. The van der Waals surface area contributed by atoms with Crippen LogP contribution in [-0.2, 0) is 9.05 Å². The Morgan fingerprint density at radius 3 is 2.28 bits per heavy atom. The van der Waals surface area contributed by atoms with Crippen LogP contribution in [0.15, 0.2) is 47.4 Å². The second kappa shape index (κ2) is 4.92. The van der Waals surface area contributed by atoms with E-state index in [0.29, 0.717) is 0 Å². The summed E-state index contributed by atoms with van der Waals surface area (Å²) in [5.41, 5.74) is 2.79. The molecule has 0 atom stereocenters. The minimum Gasteiger partial charge on any atom is -0.207 e. The Labute approximate surface area is 116 Å². The van der Waals surface area contributed by atoms with Crippen LogP contribution in [0.4, 0.5) is 0 Å². The van der Waals surface area contributed by atoms with E-state index in [1.54, 1.807) is 6.07 Å². The fraction of sp³-hybridized carbons (Fsp3) is 0.0769. The highest BCUT2D eigenvalue weighted by Gasteiger charge is 2.15. The van der Waals surface area contributed by atoms with Gasteiger partial charge in [0, 0.05) is 10.7 Å². The molecule has 0 saturated carbocycles. The maximum Gasteiger partial charge on any atom is 0.262 e. The molecule has 0 aliphatic carbocycles. The van der Waals surface area contributed by atoms with Crippen LogP contribution in [0, 0.1) is 6.92 Å². The van der Waals surface area contributed by atoms with Crippen LogP contribution < -0.4 is 0 Å². The van der Waals surface area contributed by atoms with Gasteiger partial charge >= 0.3 is 0 Å². The van der Waals surface area contributed by atoms with E-state index in [4.69, 9.17) is 22.3 Å². The first-order chi connectivity index (χ1) is 8.38. The van der Waals surface area contributed by atoms with Gasteiger partial charge in [0.1, 0.15) is 4.90 Å². The minimum atomic E-state index is -3.83. The smallest absolute Gasteiger partial charge is 0.207 e. The normalized spacial score (nSPS) is 11.5. The molecule has 0 bridgehead atoms. The molecule has 0 saturated heterocycles. The summed E-state index contributed by atoms with van der Waals surface area (Å²) in [5.74, 6) is 0. The number of hydrogen-bond acceptors (Lipinski definition) is 2. The molecular formula is C13H10Cl2O2S. The Morgan fingerprint density at radius 1 is 1.00 bits per heavy atom. The van der Waals surface area contributed by atoms with Crippen LogP contribution in [0.2, 0.25) is 5.02 Å². The van der Waals surface area contributed by atoms with Crippen molar-refractivity contribution in [1.29, 1.82) is 0 Å². The topological polar surface area (TPSA) is 34.1 Å². The Bertz CT molecular complexity index is 694. The second-order valence-corrected chi connectivity index (χ2v) is 6.89. The first kappa shape index (κ1) is 13.4. The number of rotatable bonds is 2. The highest BCUT2D eigenvalue weighted by Crippen LogP contribution is 2.30. The lowest BCUT2D eigenvalue weighted by molar-refractivity contribution is 0.609. The molecule has 94 valence electrons. The van der Waals surface area contributed by atoms with Gasteiger partial charge in [-0.1, -0.05) is 47.5 Å². The zero-order valence-corrected chi connectivity index (χ0v) is 11.9. The minimum absolute atomic E-state index is 0.0650. The third kappa shape index (κ3) is 2.86. The molecular weight excluding hydrogens is 291 g/mol. The first-order valence-corrected chi connectivity index (χ1v) is 7.88. The van der Waals surface area contributed by atoms with Gasteiger partial charge in [0.25, 0.3) is 9.05 Å². The predicted molar refractivity (Wildman–Crippen MR) is 74.7 cm³/mol. The predicted octanol–water partition coefficient (Wildman–Crippen LogP) is 4.24. The van der Waals surface area contributed by atoms with Gasteiger partial charge in [0.05, 0.1) is 5.02 Å². The lowest BCUT2D eigenvalue weighted by Crippen LogP contribution is -1.92. The highest BCUT2D eigenvalue weighted by molar-refractivity contribution is 8.13. The average Bonchev–Trinajstić information content (AvgIpc) is 2.28. The largest absolute Gasteiger partial charge is 0.262 e. The van der Waals surface area contributed by atoms with Crippen molar-refractivity contribution in [1.82, 2.24) is 0 Å². The van der Waals surface area contributed by atoms with E-state index in [0.717, 1.165) is 16.7 Å². The molecule has 0 spiro atoms. The van der Waals surface area contributed by atoms with Gasteiger partial charge in [-0.15, -0.1) is 0 Å². The summed E-state index contributed by atoms with van der Waals surface area (Å²) in [6.45, 7) is 1.97. The fourth-order valence-electron chi connectivity index (χ4n) is 1.69. The van der Waals surface area contributed by atoms with Crippen molar-refractivity contribution in [2.75, 3.05) is 0 Å². The zero-order chi connectivity index (χ0) is 13.3. The van der Waals surface area contributed by atoms with E-state index in [-0.39, 0.29) is 9.92 Å². The van der Waals surface area contributed by atoms with Crippen LogP contribution in [0.1, 0.15) is 5.56 Å². The molecule has 2 nitrogen and oxygen atoms in total. The summed E-state index contributed by atoms with van der Waals surface area (Å²) < 4.78 is 22.8. The Morgan fingerprint density at radius 2 is 1.67 bits per heavy atom. The average molecular weight is 301 g/mol. The van der Waals surface area contributed by atoms with E-state index in [1.165, 1.54) is 12.1 Å². The van der Waals surface area contributed by atoms with E-state index >= 15 is 0 Å². The maximum absolute atomic E-state index is 11.4. The molecule has 0 N–H and O–H groups in total. The Kier molecular flexibility index (Phi) is 3.66. The van der Waals surface area contributed by atoms with Gasteiger partial charge in [-0.25, -0.2) is 8.42 Å². The van der Waals surface area contributed by atoms with Crippen molar-refractivity contribution >= 4 is 31.3 Å². The lowest BCUT2D eigenvalue weighted by atomic mass is 10.0. The van der Waals surface area contributed by atoms with Gasteiger partial charge in [-0.2, -0.15) is 0 Å². The molecule has 5 heteroatoms. The van der Waals surface area contributed by atoms with E-state index < -0.39 is 9.05 Å². The zero-order valence-electron chi connectivity index (χ0n) is 9.52. The summed E-state index contributed by atoms with van der Waals surface area (Å²) >= 11 is 5.84. The van der Waals surface area contributed by atoms with E-state index in [2.05, 4.69) is 0 Å². The number of halogens is 2. The third-order valence-corrected chi connectivity index (χ3v) is 4.35. The molecule has 0 aliphatic heterocycles. The van der Waals surface area contributed by atoms with Crippen LogP contribution in [0.25, 0.3) is 11.1 Å². The van der Waals surface area contributed by atoms with E-state index in [9.17, 15) is 8.42 Å². The van der Waals surface area contributed by atoms with Crippen molar-refractivity contribution in [3.8, 4) is 11.1 Å². The second-order valence-electron chi connectivity index (χ2n) is 3.95. The van der Waals surface area contributed by atoms with Gasteiger partial charge < -0.3 is 0 Å². The molecule has 0 radical (unpaired) electrons. The molecule has 0 amide bonds. The molecule has 0 unspecified atom stereocenters.